The van der Waals surface area contributed by atoms with Crippen molar-refractivity contribution in [3.8, 4) is 0 Å². The molecule has 6 nitrogen and oxygen atoms in total. The lowest BCUT2D eigenvalue weighted by Gasteiger charge is -2.25. The van der Waals surface area contributed by atoms with Crippen LogP contribution in [-0.4, -0.2) is 33.8 Å². The summed E-state index contributed by atoms with van der Waals surface area (Å²) in [6.07, 6.45) is 1.99. The zero-order chi connectivity index (χ0) is 20.3. The van der Waals surface area contributed by atoms with E-state index in [-0.39, 0.29) is 5.41 Å². The molecule has 1 unspecified atom stereocenters. The van der Waals surface area contributed by atoms with E-state index in [4.69, 9.17) is 0 Å². The van der Waals surface area contributed by atoms with Crippen molar-refractivity contribution < 1.29 is 0 Å². The van der Waals surface area contributed by atoms with Gasteiger partial charge >= 0.3 is 0 Å². The molecule has 3 rings (SSSR count). The van der Waals surface area contributed by atoms with Gasteiger partial charge in [-0.1, -0.05) is 58.9 Å². The Labute approximate surface area is 168 Å². The number of fused-ring (bicyclic) bond motifs is 1. The van der Waals surface area contributed by atoms with Crippen molar-refractivity contribution in [2.45, 2.75) is 77.9 Å². The minimum Gasteiger partial charge on any atom is -0.352 e. The van der Waals surface area contributed by atoms with Gasteiger partial charge < -0.3 is 10.6 Å². The van der Waals surface area contributed by atoms with Crippen LogP contribution in [0.5, 0.6) is 0 Å². The third-order valence-electron chi connectivity index (χ3n) is 5.24. The van der Waals surface area contributed by atoms with Gasteiger partial charge in [0.05, 0.1) is 6.54 Å². The second kappa shape index (κ2) is 8.33. The molecule has 1 aliphatic rings. The lowest BCUT2D eigenvalue weighted by Crippen LogP contribution is -2.46. The van der Waals surface area contributed by atoms with Crippen LogP contribution in [0.3, 0.4) is 0 Å². The Morgan fingerprint density at radius 2 is 1.96 bits per heavy atom. The van der Waals surface area contributed by atoms with Crippen LogP contribution in [0.25, 0.3) is 0 Å². The van der Waals surface area contributed by atoms with Crippen LogP contribution in [-0.2, 0) is 24.9 Å². The number of nitrogens with one attached hydrogen (secondary N) is 2. The van der Waals surface area contributed by atoms with Gasteiger partial charge in [-0.2, -0.15) is 5.10 Å². The monoisotopic (exact) mass is 382 g/mol. The van der Waals surface area contributed by atoms with E-state index in [1.54, 1.807) is 0 Å². The second-order valence-corrected chi connectivity index (χ2v) is 8.98. The summed E-state index contributed by atoms with van der Waals surface area (Å²) in [7, 11) is 1.82. The van der Waals surface area contributed by atoms with Crippen LogP contribution in [0.4, 0.5) is 0 Å². The first kappa shape index (κ1) is 20.4. The quantitative estimate of drug-likeness (QED) is 0.628. The predicted octanol–water partition coefficient (Wildman–Crippen LogP) is 3.38. The van der Waals surface area contributed by atoms with E-state index in [1.807, 2.05) is 7.05 Å². The number of aromatic nitrogens is 3. The van der Waals surface area contributed by atoms with Crippen molar-refractivity contribution >= 4 is 5.96 Å². The summed E-state index contributed by atoms with van der Waals surface area (Å²) < 4.78 is 2.05. The molecule has 0 saturated carbocycles. The maximum Gasteiger partial charge on any atom is 0.191 e. The number of nitrogens with zero attached hydrogens (tertiary/aromatic N) is 4. The predicted molar refractivity (Wildman–Crippen MR) is 115 cm³/mol. The molecule has 2 aromatic rings. The molecule has 1 atom stereocenters. The van der Waals surface area contributed by atoms with Gasteiger partial charge in [-0.3, -0.25) is 4.99 Å². The summed E-state index contributed by atoms with van der Waals surface area (Å²) in [5, 5.41) is 11.6. The highest BCUT2D eigenvalue weighted by Crippen LogP contribution is 2.22. The van der Waals surface area contributed by atoms with Gasteiger partial charge in [-0.05, 0) is 23.0 Å². The van der Waals surface area contributed by atoms with E-state index in [9.17, 15) is 0 Å². The molecule has 2 N–H and O–H groups in total. The molecule has 28 heavy (non-hydrogen) atoms. The zero-order valence-corrected chi connectivity index (χ0v) is 18.1. The Morgan fingerprint density at radius 1 is 1.25 bits per heavy atom. The molecule has 2 heterocycles. The van der Waals surface area contributed by atoms with Crippen molar-refractivity contribution in [1.29, 1.82) is 0 Å². The molecule has 0 bridgehead atoms. The molecular weight excluding hydrogens is 348 g/mol. The Kier molecular flexibility index (Phi) is 6.06. The van der Waals surface area contributed by atoms with Crippen LogP contribution in [0, 0.1) is 0 Å². The maximum absolute atomic E-state index is 4.66. The van der Waals surface area contributed by atoms with Crippen LogP contribution in [0.1, 0.15) is 69.7 Å². The van der Waals surface area contributed by atoms with Gasteiger partial charge in [-0.25, -0.2) is 9.67 Å². The average Bonchev–Trinajstić information content (AvgIpc) is 3.08. The molecule has 1 aromatic carbocycles. The molecule has 0 amide bonds. The Balaban J connectivity index is 1.55. The number of aryl methyl sites for hydroxylation is 1. The van der Waals surface area contributed by atoms with Crippen LogP contribution < -0.4 is 10.6 Å². The van der Waals surface area contributed by atoms with Crippen molar-refractivity contribution in [2.75, 3.05) is 7.05 Å². The number of benzene rings is 1. The molecule has 6 heteroatoms. The molecule has 0 fully saturated rings. The van der Waals surface area contributed by atoms with E-state index < -0.39 is 0 Å². The topological polar surface area (TPSA) is 67.1 Å². The molecule has 0 saturated heterocycles. The van der Waals surface area contributed by atoms with E-state index in [1.165, 1.54) is 11.1 Å². The lowest BCUT2D eigenvalue weighted by atomic mass is 9.87. The van der Waals surface area contributed by atoms with Crippen molar-refractivity contribution in [3.63, 3.8) is 0 Å². The first-order valence-corrected chi connectivity index (χ1v) is 10.3. The largest absolute Gasteiger partial charge is 0.352 e. The van der Waals surface area contributed by atoms with Crippen LogP contribution in [0.2, 0.25) is 0 Å². The number of aliphatic imine (C=N–C) groups is 1. The van der Waals surface area contributed by atoms with Gasteiger partial charge in [0, 0.05) is 32.0 Å². The lowest BCUT2D eigenvalue weighted by molar-refractivity contribution is 0.391. The molecule has 0 spiro atoms. The minimum absolute atomic E-state index is 0.181. The molecule has 0 aliphatic carbocycles. The van der Waals surface area contributed by atoms with E-state index in [0.29, 0.717) is 12.0 Å². The van der Waals surface area contributed by atoms with Crippen LogP contribution in [0.15, 0.2) is 29.3 Å². The fourth-order valence-corrected chi connectivity index (χ4v) is 3.39. The normalized spacial score (nSPS) is 17.5. The first-order valence-electron chi connectivity index (χ1n) is 10.3. The van der Waals surface area contributed by atoms with E-state index in [0.717, 1.165) is 43.5 Å². The number of hydrogen-bond donors (Lipinski definition) is 2. The maximum atomic E-state index is 4.66. The fourth-order valence-electron chi connectivity index (χ4n) is 3.39. The van der Waals surface area contributed by atoms with Crippen LogP contribution >= 0.6 is 0 Å². The van der Waals surface area contributed by atoms with Gasteiger partial charge in [0.25, 0.3) is 0 Å². The first-order chi connectivity index (χ1) is 13.3. The molecule has 1 aliphatic heterocycles. The highest BCUT2D eigenvalue weighted by molar-refractivity contribution is 5.79. The average molecular weight is 383 g/mol. The molecular formula is C22H34N6. The fraction of sp³-hybridized carbons (Fsp3) is 0.591. The molecule has 152 valence electrons. The Morgan fingerprint density at radius 3 is 2.57 bits per heavy atom. The van der Waals surface area contributed by atoms with E-state index in [2.05, 4.69) is 89.3 Å². The second-order valence-electron chi connectivity index (χ2n) is 8.98. The van der Waals surface area contributed by atoms with E-state index >= 15 is 0 Å². The third kappa shape index (κ3) is 4.91. The highest BCUT2D eigenvalue weighted by atomic mass is 15.4. The minimum atomic E-state index is 0.181. The standard InChI is InChI=1S/C22H34N6/c1-15(2)20-26-19-12-11-18(14-28(19)27-20)25-21(23-6)24-13-16-7-9-17(10-8-16)22(3,4)5/h7-10,15,18H,11-14H2,1-6H3,(H2,23,24,25). The molecule has 1 aromatic heterocycles. The summed E-state index contributed by atoms with van der Waals surface area (Å²) in [4.78, 5) is 9.06. The van der Waals surface area contributed by atoms with Gasteiger partial charge in [-0.15, -0.1) is 0 Å². The highest BCUT2D eigenvalue weighted by Gasteiger charge is 2.23. The van der Waals surface area contributed by atoms with Gasteiger partial charge in [0.2, 0.25) is 0 Å². The smallest absolute Gasteiger partial charge is 0.191 e. The summed E-state index contributed by atoms with van der Waals surface area (Å²) in [5.41, 5.74) is 2.78. The summed E-state index contributed by atoms with van der Waals surface area (Å²) in [6.45, 7) is 12.6. The number of guanidine groups is 1. The van der Waals surface area contributed by atoms with Gasteiger partial charge in [0.15, 0.2) is 11.8 Å². The van der Waals surface area contributed by atoms with Crippen molar-refractivity contribution in [2.24, 2.45) is 4.99 Å². The van der Waals surface area contributed by atoms with Gasteiger partial charge in [0.1, 0.15) is 5.82 Å². The zero-order valence-electron chi connectivity index (χ0n) is 18.1. The number of hydrogen-bond acceptors (Lipinski definition) is 3. The summed E-state index contributed by atoms with van der Waals surface area (Å²) >= 11 is 0. The SMILES string of the molecule is CN=C(NCc1ccc(C(C)(C)C)cc1)NC1CCc2nc(C(C)C)nn2C1. The summed E-state index contributed by atoms with van der Waals surface area (Å²) in [6, 6.07) is 9.12. The molecule has 0 radical (unpaired) electrons. The van der Waals surface area contributed by atoms with Crippen molar-refractivity contribution in [1.82, 2.24) is 25.4 Å². The Hall–Kier alpha value is -2.37. The summed E-state index contributed by atoms with van der Waals surface area (Å²) in [5.74, 6) is 3.24. The number of rotatable bonds is 4. The Bertz CT molecular complexity index is 811. The third-order valence-corrected chi connectivity index (χ3v) is 5.24. The van der Waals surface area contributed by atoms with Crippen molar-refractivity contribution in [3.05, 3.63) is 47.0 Å².